The Morgan fingerprint density at radius 2 is 1.87 bits per heavy atom. The number of carbonyl (C=O) groups is 1. The molecule has 1 N–H and O–H groups in total. The Hall–Kier alpha value is -0.940. The van der Waals surface area contributed by atoms with E-state index in [-0.39, 0.29) is 5.78 Å². The molecule has 0 saturated carbocycles. The Morgan fingerprint density at radius 1 is 1.33 bits per heavy atom. The number of carbonyl (C=O) groups excluding carboxylic acids is 1. The van der Waals surface area contributed by atoms with Gasteiger partial charge < -0.3 is 15.1 Å². The second kappa shape index (κ2) is 6.53. The van der Waals surface area contributed by atoms with E-state index in [0.717, 1.165) is 0 Å². The van der Waals surface area contributed by atoms with Gasteiger partial charge >= 0.3 is 0 Å². The van der Waals surface area contributed by atoms with Crippen LogP contribution in [0, 0.1) is 0 Å². The van der Waals surface area contributed by atoms with Crippen molar-refractivity contribution in [3.05, 3.63) is 11.8 Å². The van der Waals surface area contributed by atoms with Crippen LogP contribution < -0.4 is 5.32 Å². The van der Waals surface area contributed by atoms with Gasteiger partial charge in [0.2, 0.25) is 0 Å². The van der Waals surface area contributed by atoms with Gasteiger partial charge in [0, 0.05) is 32.4 Å². The predicted octanol–water partition coefficient (Wildman–Crippen LogP) is 0.457. The number of nitrogens with one attached hydrogen (secondary N) is 1. The first kappa shape index (κ1) is 14.1. The minimum Gasteiger partial charge on any atom is -0.355 e. The Morgan fingerprint density at radius 3 is 2.20 bits per heavy atom. The fourth-order valence-electron chi connectivity index (χ4n) is 0.877. The van der Waals surface area contributed by atoms with Gasteiger partial charge in [-0.05, 0) is 33.2 Å². The standard InChI is InChI=1S/C10H19N3OS/c1-8(14)9(7-12(2)3)6-11-10(15)13(4)5/h6H,7H2,1-5H3,(H,11,15). The molecular formula is C10H19N3OS. The number of thiocarbonyl (C=S) groups is 1. The summed E-state index contributed by atoms with van der Waals surface area (Å²) in [5, 5.41) is 3.51. The van der Waals surface area contributed by atoms with E-state index in [9.17, 15) is 4.79 Å². The number of likely N-dealkylation sites (N-methyl/N-ethyl adjacent to an activating group) is 1. The van der Waals surface area contributed by atoms with E-state index in [2.05, 4.69) is 5.32 Å². The molecule has 15 heavy (non-hydrogen) atoms. The third kappa shape index (κ3) is 6.19. The van der Waals surface area contributed by atoms with E-state index in [0.29, 0.717) is 17.2 Å². The molecule has 0 fully saturated rings. The smallest absolute Gasteiger partial charge is 0.172 e. The maximum Gasteiger partial charge on any atom is 0.172 e. The fourth-order valence-corrected chi connectivity index (χ4v) is 0.936. The molecule has 0 spiro atoms. The molecule has 0 amide bonds. The summed E-state index contributed by atoms with van der Waals surface area (Å²) in [6, 6.07) is 0. The molecule has 0 rings (SSSR count). The summed E-state index contributed by atoms with van der Waals surface area (Å²) < 4.78 is 0. The van der Waals surface area contributed by atoms with Gasteiger partial charge in [0.1, 0.15) is 0 Å². The molecule has 0 aliphatic rings. The quantitative estimate of drug-likeness (QED) is 0.560. The van der Waals surface area contributed by atoms with Crippen molar-refractivity contribution in [2.24, 2.45) is 0 Å². The van der Waals surface area contributed by atoms with Crippen molar-refractivity contribution in [2.45, 2.75) is 6.92 Å². The first-order valence-corrected chi connectivity index (χ1v) is 5.08. The van der Waals surface area contributed by atoms with E-state index >= 15 is 0 Å². The van der Waals surface area contributed by atoms with Gasteiger partial charge in [-0.2, -0.15) is 0 Å². The number of hydrogen-bond acceptors (Lipinski definition) is 3. The van der Waals surface area contributed by atoms with Crippen LogP contribution in [0.4, 0.5) is 0 Å². The monoisotopic (exact) mass is 229 g/mol. The van der Waals surface area contributed by atoms with Gasteiger partial charge in [-0.25, -0.2) is 0 Å². The minimum absolute atomic E-state index is 0.0535. The molecule has 0 aliphatic heterocycles. The fraction of sp³-hybridized carbons (Fsp3) is 0.600. The van der Waals surface area contributed by atoms with Crippen LogP contribution >= 0.6 is 12.2 Å². The molecule has 0 heterocycles. The Bertz CT molecular complexity index is 272. The van der Waals surface area contributed by atoms with Gasteiger partial charge in [-0.15, -0.1) is 0 Å². The van der Waals surface area contributed by atoms with Crippen LogP contribution in [0.1, 0.15) is 6.92 Å². The molecular weight excluding hydrogens is 210 g/mol. The van der Waals surface area contributed by atoms with Gasteiger partial charge in [0.25, 0.3) is 0 Å². The largest absolute Gasteiger partial charge is 0.355 e. The molecule has 0 atom stereocenters. The third-order valence-corrected chi connectivity index (χ3v) is 2.20. The molecule has 0 aromatic heterocycles. The van der Waals surface area contributed by atoms with Gasteiger partial charge in [-0.1, -0.05) is 0 Å². The molecule has 0 saturated heterocycles. The zero-order valence-corrected chi connectivity index (χ0v) is 10.8. The van der Waals surface area contributed by atoms with Crippen molar-refractivity contribution in [2.75, 3.05) is 34.7 Å². The highest BCUT2D eigenvalue weighted by molar-refractivity contribution is 7.80. The molecule has 86 valence electrons. The topological polar surface area (TPSA) is 35.6 Å². The van der Waals surface area contributed by atoms with E-state index in [1.165, 1.54) is 0 Å². The predicted molar refractivity (Wildman–Crippen MR) is 66.7 cm³/mol. The van der Waals surface area contributed by atoms with Crippen LogP contribution in [-0.4, -0.2) is 55.4 Å². The lowest BCUT2D eigenvalue weighted by atomic mass is 10.2. The Balaban J connectivity index is 4.43. The Labute approximate surface area is 96.9 Å². The molecule has 0 aliphatic carbocycles. The highest BCUT2D eigenvalue weighted by atomic mass is 32.1. The Kier molecular flexibility index (Phi) is 6.12. The molecule has 4 nitrogen and oxygen atoms in total. The van der Waals surface area contributed by atoms with Crippen molar-refractivity contribution in [1.29, 1.82) is 0 Å². The average molecular weight is 229 g/mol. The van der Waals surface area contributed by atoms with E-state index in [4.69, 9.17) is 12.2 Å². The second-order valence-electron chi connectivity index (χ2n) is 3.81. The van der Waals surface area contributed by atoms with Crippen molar-refractivity contribution in [3.63, 3.8) is 0 Å². The number of rotatable bonds is 4. The summed E-state index contributed by atoms with van der Waals surface area (Å²) in [6.07, 6.45) is 1.67. The summed E-state index contributed by atoms with van der Waals surface area (Å²) in [5.41, 5.74) is 0.712. The zero-order valence-electron chi connectivity index (χ0n) is 10.00. The molecule has 0 radical (unpaired) electrons. The number of hydrogen-bond donors (Lipinski definition) is 1. The van der Waals surface area contributed by atoms with Crippen molar-refractivity contribution in [1.82, 2.24) is 15.1 Å². The van der Waals surface area contributed by atoms with Crippen molar-refractivity contribution >= 4 is 23.1 Å². The van der Waals surface area contributed by atoms with Crippen LogP contribution in [0.15, 0.2) is 11.8 Å². The third-order valence-electron chi connectivity index (χ3n) is 1.71. The first-order valence-electron chi connectivity index (χ1n) is 4.67. The van der Waals surface area contributed by atoms with Crippen LogP contribution in [0.5, 0.6) is 0 Å². The van der Waals surface area contributed by atoms with Gasteiger partial charge in [0.15, 0.2) is 10.9 Å². The number of ketones is 1. The molecule has 0 aromatic rings. The SMILES string of the molecule is CC(=O)C(=CNC(=S)N(C)C)CN(C)C. The number of nitrogens with zero attached hydrogens (tertiary/aromatic N) is 2. The summed E-state index contributed by atoms with van der Waals surface area (Å²) >= 11 is 5.04. The van der Waals surface area contributed by atoms with E-state index in [1.807, 2.05) is 33.1 Å². The maximum absolute atomic E-state index is 11.3. The lowest BCUT2D eigenvalue weighted by Gasteiger charge is -2.15. The van der Waals surface area contributed by atoms with Gasteiger partial charge in [-0.3, -0.25) is 4.79 Å². The van der Waals surface area contributed by atoms with E-state index in [1.54, 1.807) is 18.0 Å². The van der Waals surface area contributed by atoms with E-state index < -0.39 is 0 Å². The summed E-state index contributed by atoms with van der Waals surface area (Å²) in [5.74, 6) is 0.0535. The normalized spacial score (nSPS) is 11.5. The van der Waals surface area contributed by atoms with Crippen LogP contribution in [0.25, 0.3) is 0 Å². The average Bonchev–Trinajstić information content (AvgIpc) is 2.10. The summed E-state index contributed by atoms with van der Waals surface area (Å²) in [7, 11) is 7.53. The van der Waals surface area contributed by atoms with Crippen molar-refractivity contribution in [3.8, 4) is 0 Å². The molecule has 0 unspecified atom stereocenters. The van der Waals surface area contributed by atoms with Crippen LogP contribution in [-0.2, 0) is 4.79 Å². The second-order valence-corrected chi connectivity index (χ2v) is 4.19. The minimum atomic E-state index is 0.0535. The highest BCUT2D eigenvalue weighted by Crippen LogP contribution is 1.96. The maximum atomic E-state index is 11.3. The lowest BCUT2D eigenvalue weighted by molar-refractivity contribution is -0.113. The molecule has 0 aromatic carbocycles. The highest BCUT2D eigenvalue weighted by Gasteiger charge is 2.05. The number of Topliss-reactive ketones (excluding diaryl/α,β-unsaturated/α-hetero) is 1. The lowest BCUT2D eigenvalue weighted by Crippen LogP contribution is -2.32. The van der Waals surface area contributed by atoms with Gasteiger partial charge in [0.05, 0.1) is 0 Å². The van der Waals surface area contributed by atoms with Crippen LogP contribution in [0.3, 0.4) is 0 Å². The molecule has 5 heteroatoms. The summed E-state index contributed by atoms with van der Waals surface area (Å²) in [4.78, 5) is 15.0. The summed E-state index contributed by atoms with van der Waals surface area (Å²) in [6.45, 7) is 2.16. The molecule has 0 bridgehead atoms. The zero-order chi connectivity index (χ0) is 12.0. The van der Waals surface area contributed by atoms with Crippen LogP contribution in [0.2, 0.25) is 0 Å². The van der Waals surface area contributed by atoms with Crippen molar-refractivity contribution < 1.29 is 4.79 Å². The first-order chi connectivity index (χ1) is 6.84.